The van der Waals surface area contributed by atoms with Crippen LogP contribution in [0.3, 0.4) is 0 Å². The molecule has 1 atom stereocenters. The molecule has 1 heterocycles. The van der Waals surface area contributed by atoms with Crippen LogP contribution in [-0.2, 0) is 0 Å². The summed E-state index contributed by atoms with van der Waals surface area (Å²) in [6, 6.07) is 0. The Kier molecular flexibility index (Phi) is 4.75. The van der Waals surface area contributed by atoms with Crippen molar-refractivity contribution in [1.29, 1.82) is 0 Å². The van der Waals surface area contributed by atoms with Crippen LogP contribution in [0.25, 0.3) is 0 Å². The van der Waals surface area contributed by atoms with Gasteiger partial charge in [0.25, 0.3) is 0 Å². The minimum Gasteiger partial charge on any atom is -0.339 e. The molecule has 0 saturated heterocycles. The highest BCUT2D eigenvalue weighted by molar-refractivity contribution is 5.01. The number of hydrogen-bond acceptors (Lipinski definition) is 4. The van der Waals surface area contributed by atoms with E-state index in [2.05, 4.69) is 24.0 Å². The first-order chi connectivity index (χ1) is 8.72. The van der Waals surface area contributed by atoms with Crippen molar-refractivity contribution in [3.05, 3.63) is 11.7 Å². The molecule has 1 saturated carbocycles. The second-order valence-electron chi connectivity index (χ2n) is 5.77. The average Bonchev–Trinajstić information content (AvgIpc) is 2.65. The second kappa shape index (κ2) is 6.32. The maximum absolute atomic E-state index is 5.79. The van der Waals surface area contributed by atoms with Crippen LogP contribution in [0.15, 0.2) is 4.52 Å². The van der Waals surface area contributed by atoms with E-state index < -0.39 is 0 Å². The molecule has 18 heavy (non-hydrogen) atoms. The Balaban J connectivity index is 2.08. The van der Waals surface area contributed by atoms with Gasteiger partial charge in [0, 0.05) is 12.5 Å². The Labute approximate surface area is 109 Å². The number of aromatic nitrogens is 2. The predicted octanol–water partition coefficient (Wildman–Crippen LogP) is 3.21. The normalized spacial score (nSPS) is 20.0. The molecule has 1 unspecified atom stereocenters. The number of nitrogens with two attached hydrogens (primary N) is 1. The molecule has 1 aliphatic carbocycles. The molecule has 102 valence electrons. The summed E-state index contributed by atoms with van der Waals surface area (Å²) in [5, 5.41) is 4.19. The average molecular weight is 251 g/mol. The largest absolute Gasteiger partial charge is 0.339 e. The van der Waals surface area contributed by atoms with Gasteiger partial charge in [-0.1, -0.05) is 44.7 Å². The minimum absolute atomic E-state index is 0.192. The fourth-order valence-electron chi connectivity index (χ4n) is 2.76. The zero-order valence-corrected chi connectivity index (χ0v) is 11.6. The third-order valence-electron chi connectivity index (χ3n) is 4.05. The van der Waals surface area contributed by atoms with Crippen LogP contribution in [0, 0.1) is 5.92 Å². The number of nitrogens with zero attached hydrogens (tertiary/aromatic N) is 2. The molecule has 1 aliphatic rings. The van der Waals surface area contributed by atoms with E-state index in [4.69, 9.17) is 10.3 Å². The Morgan fingerprint density at radius 1 is 1.22 bits per heavy atom. The minimum atomic E-state index is 0.192. The van der Waals surface area contributed by atoms with E-state index in [1.54, 1.807) is 0 Å². The first-order valence-corrected chi connectivity index (χ1v) is 7.26. The van der Waals surface area contributed by atoms with Crippen LogP contribution in [0.2, 0.25) is 0 Å². The molecule has 0 spiro atoms. The maximum atomic E-state index is 5.79. The molecule has 0 radical (unpaired) electrons. The van der Waals surface area contributed by atoms with Gasteiger partial charge in [0.2, 0.25) is 5.89 Å². The van der Waals surface area contributed by atoms with Gasteiger partial charge in [0.1, 0.15) is 0 Å². The molecule has 1 aromatic heterocycles. The van der Waals surface area contributed by atoms with Crippen molar-refractivity contribution in [2.45, 2.75) is 64.2 Å². The summed E-state index contributed by atoms with van der Waals surface area (Å²) >= 11 is 0. The third kappa shape index (κ3) is 3.10. The van der Waals surface area contributed by atoms with Crippen molar-refractivity contribution in [3.63, 3.8) is 0 Å². The van der Waals surface area contributed by atoms with E-state index in [0.717, 1.165) is 11.7 Å². The first kappa shape index (κ1) is 13.5. The fraction of sp³-hybridized carbons (Fsp3) is 0.857. The van der Waals surface area contributed by atoms with Gasteiger partial charge in [0.15, 0.2) is 5.82 Å². The van der Waals surface area contributed by atoms with Crippen LogP contribution in [0.5, 0.6) is 0 Å². The highest BCUT2D eigenvalue weighted by Crippen LogP contribution is 2.31. The van der Waals surface area contributed by atoms with Gasteiger partial charge in [0.05, 0.1) is 5.92 Å². The smallest absolute Gasteiger partial charge is 0.231 e. The van der Waals surface area contributed by atoms with Gasteiger partial charge in [-0.15, -0.1) is 0 Å². The Hall–Kier alpha value is -0.900. The fourth-order valence-corrected chi connectivity index (χ4v) is 2.76. The third-order valence-corrected chi connectivity index (χ3v) is 4.05. The molecule has 4 nitrogen and oxygen atoms in total. The Bertz CT molecular complexity index is 354. The van der Waals surface area contributed by atoms with Gasteiger partial charge >= 0.3 is 0 Å². The molecule has 0 aliphatic heterocycles. The summed E-state index contributed by atoms with van der Waals surface area (Å²) in [7, 11) is 0. The zero-order valence-electron chi connectivity index (χ0n) is 11.6. The van der Waals surface area contributed by atoms with E-state index >= 15 is 0 Å². The lowest BCUT2D eigenvalue weighted by Gasteiger charge is -2.13. The molecule has 0 amide bonds. The Morgan fingerprint density at radius 3 is 2.44 bits per heavy atom. The van der Waals surface area contributed by atoms with Crippen molar-refractivity contribution in [1.82, 2.24) is 10.1 Å². The van der Waals surface area contributed by atoms with Crippen molar-refractivity contribution < 1.29 is 4.52 Å². The van der Waals surface area contributed by atoms with Crippen molar-refractivity contribution >= 4 is 0 Å². The van der Waals surface area contributed by atoms with Crippen LogP contribution in [0.4, 0.5) is 0 Å². The van der Waals surface area contributed by atoms with Crippen LogP contribution >= 0.6 is 0 Å². The lowest BCUT2D eigenvalue weighted by molar-refractivity contribution is 0.319. The zero-order chi connectivity index (χ0) is 13.0. The number of hydrogen-bond donors (Lipinski definition) is 1. The molecule has 1 aromatic rings. The van der Waals surface area contributed by atoms with E-state index in [0.29, 0.717) is 18.4 Å². The van der Waals surface area contributed by atoms with Crippen molar-refractivity contribution in [2.24, 2.45) is 11.7 Å². The lowest BCUT2D eigenvalue weighted by Crippen LogP contribution is -2.18. The van der Waals surface area contributed by atoms with Crippen molar-refractivity contribution in [2.75, 3.05) is 6.54 Å². The molecule has 0 aromatic carbocycles. The maximum Gasteiger partial charge on any atom is 0.231 e. The van der Waals surface area contributed by atoms with E-state index in [1.807, 2.05) is 0 Å². The van der Waals surface area contributed by atoms with Gasteiger partial charge in [-0.25, -0.2) is 0 Å². The molecular weight excluding hydrogens is 226 g/mol. The first-order valence-electron chi connectivity index (χ1n) is 7.26. The van der Waals surface area contributed by atoms with E-state index in [-0.39, 0.29) is 5.92 Å². The summed E-state index contributed by atoms with van der Waals surface area (Å²) in [5.74, 6) is 2.77. The van der Waals surface area contributed by atoms with Gasteiger partial charge in [-0.3, -0.25) is 0 Å². The van der Waals surface area contributed by atoms with Crippen LogP contribution in [0.1, 0.15) is 75.9 Å². The van der Waals surface area contributed by atoms with Gasteiger partial charge in [-0.05, 0) is 18.8 Å². The quantitative estimate of drug-likeness (QED) is 0.834. The Morgan fingerprint density at radius 2 is 1.89 bits per heavy atom. The molecule has 2 N–H and O–H groups in total. The second-order valence-corrected chi connectivity index (χ2v) is 5.77. The molecular formula is C14H25N3O. The van der Waals surface area contributed by atoms with Crippen molar-refractivity contribution in [3.8, 4) is 0 Å². The monoisotopic (exact) mass is 251 g/mol. The molecule has 1 fully saturated rings. The topological polar surface area (TPSA) is 64.9 Å². The summed E-state index contributed by atoms with van der Waals surface area (Å²) in [6.07, 6.45) is 7.68. The standard InChI is InChI=1S/C14H25N3O/c1-10(2)12(9-15)14-16-13(17-18-14)11-7-5-3-4-6-8-11/h10-12H,3-9,15H2,1-2H3. The SMILES string of the molecule is CC(C)C(CN)c1nc(C2CCCCCC2)no1. The molecule has 4 heteroatoms. The molecule has 0 bridgehead atoms. The van der Waals surface area contributed by atoms with Crippen LogP contribution in [-0.4, -0.2) is 16.7 Å². The highest BCUT2D eigenvalue weighted by atomic mass is 16.5. The lowest BCUT2D eigenvalue weighted by atomic mass is 9.95. The number of rotatable bonds is 4. The van der Waals surface area contributed by atoms with Gasteiger partial charge < -0.3 is 10.3 Å². The predicted molar refractivity (Wildman–Crippen MR) is 71.4 cm³/mol. The summed E-state index contributed by atoms with van der Waals surface area (Å²) < 4.78 is 5.43. The van der Waals surface area contributed by atoms with E-state index in [9.17, 15) is 0 Å². The van der Waals surface area contributed by atoms with Crippen LogP contribution < -0.4 is 5.73 Å². The van der Waals surface area contributed by atoms with Gasteiger partial charge in [-0.2, -0.15) is 4.98 Å². The molecule has 2 rings (SSSR count). The summed E-state index contributed by atoms with van der Waals surface area (Å²) in [5.41, 5.74) is 5.79. The highest BCUT2D eigenvalue weighted by Gasteiger charge is 2.24. The summed E-state index contributed by atoms with van der Waals surface area (Å²) in [6.45, 7) is 4.87. The van der Waals surface area contributed by atoms with E-state index in [1.165, 1.54) is 38.5 Å². The summed E-state index contributed by atoms with van der Waals surface area (Å²) in [4.78, 5) is 4.61.